The fraction of sp³-hybridized carbons (Fsp3) is 0.211. The first-order valence-electron chi connectivity index (χ1n) is 8.47. The van der Waals surface area contributed by atoms with E-state index in [2.05, 4.69) is 20.3 Å². The van der Waals surface area contributed by atoms with Crippen LogP contribution in [0.25, 0.3) is 0 Å². The number of alkyl halides is 6. The number of nitrogens with one attached hydrogen (secondary N) is 1. The molecule has 0 atom stereocenters. The van der Waals surface area contributed by atoms with E-state index in [4.69, 9.17) is 4.74 Å². The van der Waals surface area contributed by atoms with Crippen molar-refractivity contribution in [2.45, 2.75) is 25.9 Å². The summed E-state index contributed by atoms with van der Waals surface area (Å²) in [7, 11) is 0. The molecule has 0 aliphatic carbocycles. The van der Waals surface area contributed by atoms with E-state index in [1.165, 1.54) is 37.3 Å². The van der Waals surface area contributed by atoms with Gasteiger partial charge in [-0.2, -0.15) is 41.3 Å². The summed E-state index contributed by atoms with van der Waals surface area (Å²) in [5, 5.41) is 2.71. The lowest BCUT2D eigenvalue weighted by Crippen LogP contribution is -2.12. The number of rotatable bonds is 5. The predicted octanol–water partition coefficient (Wildman–Crippen LogP) is 5.54. The quantitative estimate of drug-likeness (QED) is 0.541. The Balaban J connectivity index is 1.75. The van der Waals surface area contributed by atoms with Crippen LogP contribution in [0.15, 0.2) is 48.5 Å². The number of halogens is 6. The molecule has 1 N–H and O–H groups in total. The normalized spacial score (nSPS) is 12.0. The summed E-state index contributed by atoms with van der Waals surface area (Å²) < 4.78 is 82.4. The van der Waals surface area contributed by atoms with Gasteiger partial charge in [0.25, 0.3) is 0 Å². The molecule has 1 heterocycles. The zero-order valence-corrected chi connectivity index (χ0v) is 15.3. The van der Waals surface area contributed by atoms with Crippen LogP contribution in [0.3, 0.4) is 0 Å². The largest absolute Gasteiger partial charge is 0.458 e. The molecule has 0 amide bonds. The smallest absolute Gasteiger partial charge is 0.416 e. The van der Waals surface area contributed by atoms with E-state index in [-0.39, 0.29) is 29.0 Å². The SMILES string of the molecule is Cc1nc(Nc2ccc(C(F)(F)F)cc2)nc(OCc2ccccc2C(F)(F)F)n1. The molecule has 1 aromatic heterocycles. The Morgan fingerprint density at radius 2 is 1.50 bits per heavy atom. The maximum Gasteiger partial charge on any atom is 0.416 e. The summed E-state index contributed by atoms with van der Waals surface area (Å²) in [5.74, 6) is 0.180. The molecule has 3 aromatic rings. The summed E-state index contributed by atoms with van der Waals surface area (Å²) in [4.78, 5) is 11.9. The van der Waals surface area contributed by atoms with Crippen LogP contribution in [0.2, 0.25) is 0 Å². The van der Waals surface area contributed by atoms with E-state index < -0.39 is 30.1 Å². The van der Waals surface area contributed by atoms with Gasteiger partial charge in [0.15, 0.2) is 0 Å². The second-order valence-electron chi connectivity index (χ2n) is 6.13. The lowest BCUT2D eigenvalue weighted by atomic mass is 10.1. The topological polar surface area (TPSA) is 59.9 Å². The Kier molecular flexibility index (Phi) is 5.81. The summed E-state index contributed by atoms with van der Waals surface area (Å²) in [5.41, 5.74) is -1.46. The molecule has 3 rings (SSSR count). The second-order valence-corrected chi connectivity index (χ2v) is 6.13. The molecule has 11 heteroatoms. The molecule has 0 spiro atoms. The average Bonchev–Trinajstić information content (AvgIpc) is 2.65. The number of anilines is 2. The van der Waals surface area contributed by atoms with Crippen molar-refractivity contribution in [1.29, 1.82) is 0 Å². The molecule has 158 valence electrons. The molecular formula is C19H14F6N4O. The van der Waals surface area contributed by atoms with E-state index in [9.17, 15) is 26.3 Å². The lowest BCUT2D eigenvalue weighted by Gasteiger charge is -2.13. The summed E-state index contributed by atoms with van der Waals surface area (Å²) in [6.07, 6.45) is -9.00. The van der Waals surface area contributed by atoms with Crippen LogP contribution in [0.1, 0.15) is 22.5 Å². The third-order valence-electron chi connectivity index (χ3n) is 3.87. The van der Waals surface area contributed by atoms with Crippen LogP contribution in [0.5, 0.6) is 6.01 Å². The first-order chi connectivity index (χ1) is 14.0. The number of aryl methyl sites for hydroxylation is 1. The average molecular weight is 428 g/mol. The number of hydrogen-bond acceptors (Lipinski definition) is 5. The Bertz CT molecular complexity index is 1020. The van der Waals surface area contributed by atoms with Gasteiger partial charge in [0.2, 0.25) is 5.95 Å². The van der Waals surface area contributed by atoms with Crippen LogP contribution in [-0.2, 0) is 19.0 Å². The highest BCUT2D eigenvalue weighted by molar-refractivity contribution is 5.54. The van der Waals surface area contributed by atoms with Crippen LogP contribution in [-0.4, -0.2) is 15.0 Å². The van der Waals surface area contributed by atoms with Crippen molar-refractivity contribution >= 4 is 11.6 Å². The number of benzene rings is 2. The van der Waals surface area contributed by atoms with Crippen LogP contribution in [0, 0.1) is 6.92 Å². The molecule has 0 bridgehead atoms. The van der Waals surface area contributed by atoms with Gasteiger partial charge in [-0.3, -0.25) is 0 Å². The minimum Gasteiger partial charge on any atom is -0.458 e. The van der Waals surface area contributed by atoms with Gasteiger partial charge in [0.1, 0.15) is 12.4 Å². The van der Waals surface area contributed by atoms with Gasteiger partial charge in [-0.05, 0) is 37.3 Å². The third kappa shape index (κ3) is 5.37. The second kappa shape index (κ2) is 8.17. The molecule has 0 radical (unpaired) electrons. The number of hydrogen-bond donors (Lipinski definition) is 1. The van der Waals surface area contributed by atoms with Crippen molar-refractivity contribution < 1.29 is 31.1 Å². The Hall–Kier alpha value is -3.37. The van der Waals surface area contributed by atoms with Gasteiger partial charge in [-0.1, -0.05) is 18.2 Å². The Labute approximate surface area is 166 Å². The monoisotopic (exact) mass is 428 g/mol. The molecule has 0 unspecified atom stereocenters. The molecule has 0 saturated carbocycles. The zero-order valence-electron chi connectivity index (χ0n) is 15.3. The number of ether oxygens (including phenoxy) is 1. The van der Waals surface area contributed by atoms with Crippen LogP contribution < -0.4 is 10.1 Å². The van der Waals surface area contributed by atoms with Gasteiger partial charge in [-0.15, -0.1) is 0 Å². The van der Waals surface area contributed by atoms with Crippen LogP contribution in [0.4, 0.5) is 38.0 Å². The maximum atomic E-state index is 13.1. The first-order valence-corrected chi connectivity index (χ1v) is 8.47. The van der Waals surface area contributed by atoms with Crippen molar-refractivity contribution in [2.75, 3.05) is 5.32 Å². The van der Waals surface area contributed by atoms with Crippen molar-refractivity contribution in [1.82, 2.24) is 15.0 Å². The van der Waals surface area contributed by atoms with E-state index in [1.807, 2.05) is 0 Å². The van der Waals surface area contributed by atoms with Gasteiger partial charge >= 0.3 is 18.4 Å². The predicted molar refractivity (Wildman–Crippen MR) is 95.1 cm³/mol. The molecule has 0 aliphatic rings. The van der Waals surface area contributed by atoms with E-state index in [0.29, 0.717) is 0 Å². The Morgan fingerprint density at radius 3 is 2.13 bits per heavy atom. The molecule has 0 aliphatic heterocycles. The minimum atomic E-state index is -4.54. The Morgan fingerprint density at radius 1 is 0.833 bits per heavy atom. The molecule has 2 aromatic carbocycles. The standard InChI is InChI=1S/C19H14F6N4O/c1-11-26-16(28-14-8-6-13(7-9-14)18(20,21)22)29-17(27-11)30-10-12-4-2-3-5-15(12)19(23,24)25/h2-9H,10H2,1H3,(H,26,27,28,29). The third-order valence-corrected chi connectivity index (χ3v) is 3.87. The molecule has 30 heavy (non-hydrogen) atoms. The van der Waals surface area contributed by atoms with Gasteiger partial charge in [0.05, 0.1) is 11.1 Å². The van der Waals surface area contributed by atoms with Crippen molar-refractivity contribution in [3.8, 4) is 6.01 Å². The van der Waals surface area contributed by atoms with E-state index in [1.54, 1.807) is 0 Å². The minimum absolute atomic E-state index is 0.0265. The highest BCUT2D eigenvalue weighted by Crippen LogP contribution is 2.32. The van der Waals surface area contributed by atoms with E-state index >= 15 is 0 Å². The molecule has 0 fully saturated rings. The summed E-state index contributed by atoms with van der Waals surface area (Å²) in [6.45, 7) is 1.08. The maximum absolute atomic E-state index is 13.1. The number of aromatic nitrogens is 3. The lowest BCUT2D eigenvalue weighted by molar-refractivity contribution is -0.139. The van der Waals surface area contributed by atoms with Gasteiger partial charge < -0.3 is 10.1 Å². The molecule has 5 nitrogen and oxygen atoms in total. The summed E-state index contributed by atoms with van der Waals surface area (Å²) >= 11 is 0. The van der Waals surface area contributed by atoms with Crippen molar-refractivity contribution in [3.05, 3.63) is 71.0 Å². The van der Waals surface area contributed by atoms with E-state index in [0.717, 1.165) is 18.2 Å². The van der Waals surface area contributed by atoms with Crippen molar-refractivity contribution in [2.24, 2.45) is 0 Å². The molecule has 0 saturated heterocycles. The van der Waals surface area contributed by atoms with Gasteiger partial charge in [0, 0.05) is 11.3 Å². The first kappa shape index (κ1) is 21.3. The van der Waals surface area contributed by atoms with Crippen LogP contribution >= 0.6 is 0 Å². The summed E-state index contributed by atoms with van der Waals surface area (Å²) in [6, 6.07) is 8.88. The van der Waals surface area contributed by atoms with Crippen molar-refractivity contribution in [3.63, 3.8) is 0 Å². The fourth-order valence-corrected chi connectivity index (χ4v) is 2.51. The highest BCUT2D eigenvalue weighted by atomic mass is 19.4. The fourth-order valence-electron chi connectivity index (χ4n) is 2.51. The number of nitrogens with zero attached hydrogens (tertiary/aromatic N) is 3. The highest BCUT2D eigenvalue weighted by Gasteiger charge is 2.33. The van der Waals surface area contributed by atoms with Gasteiger partial charge in [-0.25, -0.2) is 0 Å². The molecular weight excluding hydrogens is 414 g/mol. The zero-order chi connectivity index (χ0) is 21.9.